The summed E-state index contributed by atoms with van der Waals surface area (Å²) in [6, 6.07) is 0.152. The van der Waals surface area contributed by atoms with Gasteiger partial charge >= 0.3 is 0 Å². The SMILES string of the molecule is CSCCC(N)CC[C@H](O)COC(C)O. The molecule has 0 aliphatic rings. The van der Waals surface area contributed by atoms with Gasteiger partial charge in [-0.3, -0.25) is 0 Å². The van der Waals surface area contributed by atoms with Crippen LogP contribution in [0.2, 0.25) is 0 Å². The van der Waals surface area contributed by atoms with Crippen molar-refractivity contribution < 1.29 is 14.9 Å². The molecule has 0 radical (unpaired) electrons. The number of thioether (sulfide) groups is 1. The highest BCUT2D eigenvalue weighted by Gasteiger charge is 2.09. The standard InChI is InChI=1S/C10H23NO3S/c1-8(12)14-7-10(13)4-3-9(11)5-6-15-2/h8-10,12-13H,3-7,11H2,1-2H3/t8?,9?,10-/m0/s1. The molecule has 15 heavy (non-hydrogen) atoms. The van der Waals surface area contributed by atoms with Crippen LogP contribution in [-0.2, 0) is 4.74 Å². The largest absolute Gasteiger partial charge is 0.391 e. The molecule has 4 nitrogen and oxygen atoms in total. The first kappa shape index (κ1) is 15.2. The lowest BCUT2D eigenvalue weighted by Crippen LogP contribution is -2.25. The molecule has 2 unspecified atom stereocenters. The Hall–Kier alpha value is 0.190. The summed E-state index contributed by atoms with van der Waals surface area (Å²) in [6.07, 6.45) is 3.11. The van der Waals surface area contributed by atoms with Gasteiger partial charge < -0.3 is 20.7 Å². The van der Waals surface area contributed by atoms with Gasteiger partial charge in [-0.05, 0) is 38.2 Å². The third-order valence-corrected chi connectivity index (χ3v) is 2.74. The topological polar surface area (TPSA) is 75.7 Å². The maximum absolute atomic E-state index is 9.48. The maximum Gasteiger partial charge on any atom is 0.151 e. The Balaban J connectivity index is 3.39. The molecule has 0 aliphatic heterocycles. The number of rotatable bonds is 9. The molecule has 3 atom stereocenters. The van der Waals surface area contributed by atoms with Crippen molar-refractivity contribution in [1.29, 1.82) is 0 Å². The van der Waals surface area contributed by atoms with Crippen LogP contribution < -0.4 is 5.73 Å². The Morgan fingerprint density at radius 3 is 2.47 bits per heavy atom. The lowest BCUT2D eigenvalue weighted by Gasteiger charge is -2.15. The fourth-order valence-electron chi connectivity index (χ4n) is 1.15. The van der Waals surface area contributed by atoms with Gasteiger partial charge in [-0.15, -0.1) is 0 Å². The van der Waals surface area contributed by atoms with Gasteiger partial charge in [0.1, 0.15) is 0 Å². The van der Waals surface area contributed by atoms with E-state index in [1.807, 2.05) is 0 Å². The van der Waals surface area contributed by atoms with Crippen molar-refractivity contribution in [2.24, 2.45) is 5.73 Å². The van der Waals surface area contributed by atoms with Gasteiger partial charge in [0, 0.05) is 6.04 Å². The zero-order valence-corrected chi connectivity index (χ0v) is 10.4. The molecule has 0 aromatic rings. The van der Waals surface area contributed by atoms with Crippen LogP contribution in [0.15, 0.2) is 0 Å². The molecule has 0 fully saturated rings. The molecule has 0 amide bonds. The Morgan fingerprint density at radius 1 is 1.27 bits per heavy atom. The molecule has 0 saturated carbocycles. The Morgan fingerprint density at radius 2 is 1.93 bits per heavy atom. The minimum atomic E-state index is -0.815. The summed E-state index contributed by atoms with van der Waals surface area (Å²) >= 11 is 1.78. The van der Waals surface area contributed by atoms with Crippen molar-refractivity contribution in [3.05, 3.63) is 0 Å². The lowest BCUT2D eigenvalue weighted by molar-refractivity contribution is -0.110. The highest BCUT2D eigenvalue weighted by atomic mass is 32.2. The van der Waals surface area contributed by atoms with E-state index in [9.17, 15) is 5.11 Å². The summed E-state index contributed by atoms with van der Waals surface area (Å²) in [6.45, 7) is 1.70. The van der Waals surface area contributed by atoms with E-state index in [2.05, 4.69) is 6.26 Å². The van der Waals surface area contributed by atoms with Crippen molar-refractivity contribution >= 4 is 11.8 Å². The average Bonchev–Trinajstić information content (AvgIpc) is 2.20. The minimum Gasteiger partial charge on any atom is -0.391 e. The number of ether oxygens (including phenoxy) is 1. The quantitative estimate of drug-likeness (QED) is 0.511. The number of aliphatic hydroxyl groups excluding tert-OH is 2. The molecule has 92 valence electrons. The summed E-state index contributed by atoms with van der Waals surface area (Å²) in [7, 11) is 0. The van der Waals surface area contributed by atoms with Gasteiger partial charge in [-0.1, -0.05) is 0 Å². The number of nitrogens with two attached hydrogens (primary N) is 1. The molecular weight excluding hydrogens is 214 g/mol. The summed E-state index contributed by atoms with van der Waals surface area (Å²) < 4.78 is 4.88. The predicted molar refractivity (Wildman–Crippen MR) is 63.8 cm³/mol. The second-order valence-corrected chi connectivity index (χ2v) is 4.69. The molecule has 0 heterocycles. The van der Waals surface area contributed by atoms with E-state index in [0.29, 0.717) is 6.42 Å². The first-order chi connectivity index (χ1) is 7.06. The monoisotopic (exact) mass is 237 g/mol. The molecule has 0 rings (SSSR count). The van der Waals surface area contributed by atoms with E-state index in [1.165, 1.54) is 6.92 Å². The van der Waals surface area contributed by atoms with Crippen molar-refractivity contribution in [2.75, 3.05) is 18.6 Å². The highest BCUT2D eigenvalue weighted by molar-refractivity contribution is 7.98. The molecule has 0 spiro atoms. The van der Waals surface area contributed by atoms with Crippen LogP contribution in [0.25, 0.3) is 0 Å². The van der Waals surface area contributed by atoms with Crippen LogP contribution in [0.1, 0.15) is 26.2 Å². The number of aliphatic hydroxyl groups is 2. The van der Waals surface area contributed by atoms with Crippen LogP contribution in [-0.4, -0.2) is 47.3 Å². The molecule has 0 bridgehead atoms. The first-order valence-corrected chi connectivity index (χ1v) is 6.68. The zero-order valence-electron chi connectivity index (χ0n) is 9.56. The van der Waals surface area contributed by atoms with E-state index < -0.39 is 12.4 Å². The molecule has 5 heteroatoms. The van der Waals surface area contributed by atoms with Gasteiger partial charge in [-0.25, -0.2) is 0 Å². The molecule has 0 aromatic carbocycles. The predicted octanol–water partition coefficient (Wildman–Crippen LogP) is 0.563. The van der Waals surface area contributed by atoms with Crippen LogP contribution in [0.3, 0.4) is 0 Å². The van der Waals surface area contributed by atoms with Crippen LogP contribution in [0.5, 0.6) is 0 Å². The van der Waals surface area contributed by atoms with Gasteiger partial charge in [0.05, 0.1) is 12.7 Å². The van der Waals surface area contributed by atoms with Crippen LogP contribution in [0, 0.1) is 0 Å². The van der Waals surface area contributed by atoms with Gasteiger partial charge in [0.25, 0.3) is 0 Å². The Kier molecular flexibility index (Phi) is 9.54. The van der Waals surface area contributed by atoms with Crippen molar-refractivity contribution in [3.8, 4) is 0 Å². The van der Waals surface area contributed by atoms with E-state index in [1.54, 1.807) is 11.8 Å². The fraction of sp³-hybridized carbons (Fsp3) is 1.00. The van der Waals surface area contributed by atoms with Crippen molar-refractivity contribution in [3.63, 3.8) is 0 Å². The van der Waals surface area contributed by atoms with Gasteiger partial charge in [0.15, 0.2) is 6.29 Å². The Bertz CT molecular complexity index is 147. The molecular formula is C10H23NO3S. The third-order valence-electron chi connectivity index (χ3n) is 2.09. The van der Waals surface area contributed by atoms with E-state index in [4.69, 9.17) is 15.6 Å². The number of hydrogen-bond donors (Lipinski definition) is 3. The van der Waals surface area contributed by atoms with Gasteiger partial charge in [0.2, 0.25) is 0 Å². The third kappa shape index (κ3) is 10.5. The van der Waals surface area contributed by atoms with Crippen LogP contribution in [0.4, 0.5) is 0 Å². The second kappa shape index (κ2) is 9.42. The average molecular weight is 237 g/mol. The number of hydrogen-bond acceptors (Lipinski definition) is 5. The summed E-state index contributed by atoms with van der Waals surface area (Å²) in [4.78, 5) is 0. The second-order valence-electron chi connectivity index (χ2n) is 3.71. The summed E-state index contributed by atoms with van der Waals surface area (Å²) in [5.74, 6) is 1.06. The highest BCUT2D eigenvalue weighted by Crippen LogP contribution is 2.07. The molecule has 0 aromatic heterocycles. The molecule has 0 aliphatic carbocycles. The van der Waals surface area contributed by atoms with Gasteiger partial charge in [-0.2, -0.15) is 11.8 Å². The molecule has 0 saturated heterocycles. The summed E-state index contributed by atoms with van der Waals surface area (Å²) in [5, 5.41) is 18.3. The van der Waals surface area contributed by atoms with E-state index >= 15 is 0 Å². The smallest absolute Gasteiger partial charge is 0.151 e. The maximum atomic E-state index is 9.48. The van der Waals surface area contributed by atoms with E-state index in [-0.39, 0.29) is 12.6 Å². The summed E-state index contributed by atoms with van der Waals surface area (Å²) in [5.41, 5.74) is 5.85. The first-order valence-electron chi connectivity index (χ1n) is 5.28. The van der Waals surface area contributed by atoms with Crippen LogP contribution >= 0.6 is 11.8 Å². The minimum absolute atomic E-state index is 0.152. The fourth-order valence-corrected chi connectivity index (χ4v) is 1.69. The lowest BCUT2D eigenvalue weighted by atomic mass is 10.1. The Labute approximate surface area is 96.2 Å². The molecule has 4 N–H and O–H groups in total. The normalized spacial score (nSPS) is 17.4. The van der Waals surface area contributed by atoms with Crippen molar-refractivity contribution in [2.45, 2.75) is 44.6 Å². The zero-order chi connectivity index (χ0) is 11.7. The van der Waals surface area contributed by atoms with E-state index in [0.717, 1.165) is 18.6 Å². The van der Waals surface area contributed by atoms with Crippen molar-refractivity contribution in [1.82, 2.24) is 0 Å².